The fourth-order valence-corrected chi connectivity index (χ4v) is 5.80. The van der Waals surface area contributed by atoms with E-state index in [4.69, 9.17) is 11.6 Å². The molecule has 1 heterocycles. The highest BCUT2D eigenvalue weighted by molar-refractivity contribution is 6.32. The number of piperazine rings is 1. The van der Waals surface area contributed by atoms with E-state index >= 15 is 0 Å². The van der Waals surface area contributed by atoms with Crippen LogP contribution < -0.4 is 15.4 Å². The van der Waals surface area contributed by atoms with E-state index in [0.717, 1.165) is 17.2 Å². The number of ether oxygens (including phenoxy) is 1. The Balaban J connectivity index is 1.77. The third kappa shape index (κ3) is 6.54. The van der Waals surface area contributed by atoms with Crippen molar-refractivity contribution < 1.29 is 32.3 Å². The molecule has 1 saturated heterocycles. The first-order valence-electron chi connectivity index (χ1n) is 13.3. The number of benzene rings is 2. The highest BCUT2D eigenvalue weighted by atomic mass is 35.5. The zero-order valence-corrected chi connectivity index (χ0v) is 23.5. The Morgan fingerprint density at radius 2 is 1.73 bits per heavy atom. The Morgan fingerprint density at radius 1 is 1.10 bits per heavy atom. The molecule has 1 fully saturated rings. The van der Waals surface area contributed by atoms with Crippen LogP contribution in [0.4, 0.5) is 13.2 Å². The second-order valence-electron chi connectivity index (χ2n) is 11.1. The summed E-state index contributed by atoms with van der Waals surface area (Å²) < 4.78 is 42.6. The molecule has 3 atom stereocenters. The molecule has 0 bridgehead atoms. The fourth-order valence-electron chi connectivity index (χ4n) is 5.57. The standard InChI is InChI=1S/C29H33ClF3N3O4/c1-15(2)11-22-26(37)35-24(20-12-17-7-5-6-8-18(17)13-20)28(39)36(22)25(27(38)34-16(3)4)19-9-10-23(21(30)14-19)40-29(31,32)33/h5-10,14-16,20,22,24-25H,11-13H2,1-4H3,(H,34,38)(H,35,37). The molecular weight excluding hydrogens is 547 g/mol. The van der Waals surface area contributed by atoms with Crippen molar-refractivity contribution in [1.29, 1.82) is 0 Å². The summed E-state index contributed by atoms with van der Waals surface area (Å²) in [4.78, 5) is 42.8. The summed E-state index contributed by atoms with van der Waals surface area (Å²) in [6.45, 7) is 7.30. The number of halogens is 4. The normalized spacial score (nSPS) is 20.5. The van der Waals surface area contributed by atoms with Crippen molar-refractivity contribution in [3.05, 3.63) is 64.2 Å². The minimum Gasteiger partial charge on any atom is -0.404 e. The van der Waals surface area contributed by atoms with Crippen LogP contribution >= 0.6 is 11.6 Å². The van der Waals surface area contributed by atoms with Gasteiger partial charge in [-0.05, 0) is 73.8 Å². The maximum absolute atomic E-state index is 14.3. The van der Waals surface area contributed by atoms with E-state index in [-0.39, 0.29) is 40.8 Å². The number of nitrogens with zero attached hydrogens (tertiary/aromatic N) is 1. The van der Waals surface area contributed by atoms with E-state index in [2.05, 4.69) is 15.4 Å². The van der Waals surface area contributed by atoms with Crippen molar-refractivity contribution in [1.82, 2.24) is 15.5 Å². The lowest BCUT2D eigenvalue weighted by molar-refractivity contribution is -0.274. The largest absolute Gasteiger partial charge is 0.573 e. The SMILES string of the molecule is CC(C)CC1C(=O)NC(C2Cc3ccccc3C2)C(=O)N1C(C(=O)NC(C)C)c1ccc(OC(F)(F)F)c(Cl)c1. The Morgan fingerprint density at radius 3 is 2.25 bits per heavy atom. The van der Waals surface area contributed by atoms with E-state index in [0.29, 0.717) is 12.8 Å². The Kier molecular flexibility index (Phi) is 8.68. The van der Waals surface area contributed by atoms with Crippen molar-refractivity contribution in [3.8, 4) is 5.75 Å². The summed E-state index contributed by atoms with van der Waals surface area (Å²) >= 11 is 6.16. The van der Waals surface area contributed by atoms with Gasteiger partial charge < -0.3 is 20.3 Å². The predicted octanol–water partition coefficient (Wildman–Crippen LogP) is 4.96. The van der Waals surface area contributed by atoms with E-state index in [9.17, 15) is 27.6 Å². The van der Waals surface area contributed by atoms with Gasteiger partial charge in [0.2, 0.25) is 17.7 Å². The molecule has 7 nitrogen and oxygen atoms in total. The van der Waals surface area contributed by atoms with Crippen LogP contribution in [0.5, 0.6) is 5.75 Å². The molecule has 2 aromatic carbocycles. The molecule has 0 saturated carbocycles. The number of hydrogen-bond donors (Lipinski definition) is 2. The fraction of sp³-hybridized carbons (Fsp3) is 0.483. The summed E-state index contributed by atoms with van der Waals surface area (Å²) in [5.41, 5.74) is 2.38. The van der Waals surface area contributed by atoms with Crippen molar-refractivity contribution in [2.24, 2.45) is 11.8 Å². The smallest absolute Gasteiger partial charge is 0.404 e. The molecule has 216 valence electrons. The summed E-state index contributed by atoms with van der Waals surface area (Å²) in [5, 5.41) is 5.35. The molecular formula is C29H33ClF3N3O4. The van der Waals surface area contributed by atoms with Crippen LogP contribution in [-0.4, -0.2) is 47.1 Å². The summed E-state index contributed by atoms with van der Waals surface area (Å²) in [5.74, 6) is -2.21. The second-order valence-corrected chi connectivity index (χ2v) is 11.5. The zero-order chi connectivity index (χ0) is 29.4. The zero-order valence-electron chi connectivity index (χ0n) is 22.7. The quantitative estimate of drug-likeness (QED) is 0.463. The van der Waals surface area contributed by atoms with Gasteiger partial charge in [0.15, 0.2) is 0 Å². The minimum atomic E-state index is -4.96. The van der Waals surface area contributed by atoms with Crippen LogP contribution in [0.2, 0.25) is 5.02 Å². The van der Waals surface area contributed by atoms with Gasteiger partial charge in [-0.15, -0.1) is 13.2 Å². The van der Waals surface area contributed by atoms with Gasteiger partial charge in [-0.2, -0.15) is 0 Å². The molecule has 2 aromatic rings. The minimum absolute atomic E-state index is 0.00158. The summed E-state index contributed by atoms with van der Waals surface area (Å²) in [7, 11) is 0. The van der Waals surface area contributed by atoms with Gasteiger partial charge in [0.05, 0.1) is 5.02 Å². The summed E-state index contributed by atoms with van der Waals surface area (Å²) in [6.07, 6.45) is -3.50. The van der Waals surface area contributed by atoms with Gasteiger partial charge in [-0.3, -0.25) is 14.4 Å². The molecule has 2 aliphatic rings. The van der Waals surface area contributed by atoms with Gasteiger partial charge in [-0.1, -0.05) is 55.8 Å². The monoisotopic (exact) mass is 579 g/mol. The van der Waals surface area contributed by atoms with E-state index in [1.807, 2.05) is 38.1 Å². The lowest BCUT2D eigenvalue weighted by Gasteiger charge is -2.45. The summed E-state index contributed by atoms with van der Waals surface area (Å²) in [6, 6.07) is 7.84. The number of rotatable bonds is 8. The number of carbonyl (C=O) groups excluding carboxylic acids is 3. The first-order valence-corrected chi connectivity index (χ1v) is 13.7. The number of amides is 3. The van der Waals surface area contributed by atoms with Crippen LogP contribution in [0.3, 0.4) is 0 Å². The van der Waals surface area contributed by atoms with E-state index in [1.54, 1.807) is 13.8 Å². The van der Waals surface area contributed by atoms with Crippen LogP contribution in [0, 0.1) is 11.8 Å². The third-order valence-corrected chi connectivity index (χ3v) is 7.46. The Labute approximate surface area is 236 Å². The first kappa shape index (κ1) is 29.7. The average molecular weight is 580 g/mol. The highest BCUT2D eigenvalue weighted by Crippen LogP contribution is 2.38. The van der Waals surface area contributed by atoms with E-state index < -0.39 is 42.1 Å². The van der Waals surface area contributed by atoms with Gasteiger partial charge in [0, 0.05) is 6.04 Å². The van der Waals surface area contributed by atoms with E-state index in [1.165, 1.54) is 17.0 Å². The number of alkyl halides is 3. The first-order chi connectivity index (χ1) is 18.7. The van der Waals surface area contributed by atoms with Crippen molar-refractivity contribution in [2.45, 2.75) is 77.5 Å². The molecule has 0 radical (unpaired) electrons. The molecule has 1 aliphatic carbocycles. The molecule has 40 heavy (non-hydrogen) atoms. The van der Waals surface area contributed by atoms with Crippen LogP contribution in [0.1, 0.15) is 56.8 Å². The lowest BCUT2D eigenvalue weighted by Crippen LogP contribution is -2.67. The maximum atomic E-state index is 14.3. The average Bonchev–Trinajstić information content (AvgIpc) is 3.27. The number of hydrogen-bond acceptors (Lipinski definition) is 4. The number of nitrogens with one attached hydrogen (secondary N) is 2. The molecule has 1 aliphatic heterocycles. The molecule has 0 spiro atoms. The number of fused-ring (bicyclic) bond motifs is 1. The molecule has 2 N–H and O–H groups in total. The molecule has 3 amide bonds. The molecule has 4 rings (SSSR count). The van der Waals surface area contributed by atoms with Crippen LogP contribution in [0.15, 0.2) is 42.5 Å². The lowest BCUT2D eigenvalue weighted by atomic mass is 9.88. The number of carbonyl (C=O) groups is 3. The second kappa shape index (κ2) is 11.7. The Hall–Kier alpha value is -3.27. The predicted molar refractivity (Wildman–Crippen MR) is 144 cm³/mol. The molecule has 0 aromatic heterocycles. The van der Waals surface area contributed by atoms with Crippen molar-refractivity contribution in [3.63, 3.8) is 0 Å². The Bertz CT molecular complexity index is 1260. The van der Waals surface area contributed by atoms with Gasteiger partial charge in [0.25, 0.3) is 0 Å². The maximum Gasteiger partial charge on any atom is 0.573 e. The van der Waals surface area contributed by atoms with Gasteiger partial charge in [-0.25, -0.2) is 0 Å². The van der Waals surface area contributed by atoms with Crippen molar-refractivity contribution >= 4 is 29.3 Å². The van der Waals surface area contributed by atoms with Gasteiger partial charge in [0.1, 0.15) is 23.9 Å². The van der Waals surface area contributed by atoms with Crippen LogP contribution in [-0.2, 0) is 27.2 Å². The molecule has 11 heteroatoms. The highest BCUT2D eigenvalue weighted by Gasteiger charge is 2.49. The topological polar surface area (TPSA) is 87.7 Å². The van der Waals surface area contributed by atoms with Crippen LogP contribution in [0.25, 0.3) is 0 Å². The van der Waals surface area contributed by atoms with Gasteiger partial charge >= 0.3 is 6.36 Å². The third-order valence-electron chi connectivity index (χ3n) is 7.16. The van der Waals surface area contributed by atoms with Crippen molar-refractivity contribution in [2.75, 3.05) is 0 Å². The molecule has 3 unspecified atom stereocenters.